The van der Waals surface area contributed by atoms with Crippen LogP contribution in [0.5, 0.6) is 5.75 Å². The van der Waals surface area contributed by atoms with Crippen LogP contribution in [0.4, 0.5) is 17.1 Å². The molecule has 0 bridgehead atoms. The molecule has 8 heteroatoms. The number of hydrogen-bond acceptors (Lipinski definition) is 8. The summed E-state index contributed by atoms with van der Waals surface area (Å²) < 4.78 is 0. The Labute approximate surface area is 191 Å². The SMILES string of the molecule is CC1(C)c2ccccc2N(Cc2ccccc2)C1C=Cc1cc(N([O-])O)cc(N(O)O)c1[O-]. The maximum Gasteiger partial charge on any atom is 0.0891 e. The first-order valence-electron chi connectivity index (χ1n) is 10.5. The van der Waals surface area contributed by atoms with Crippen molar-refractivity contribution in [2.75, 3.05) is 15.4 Å². The molecule has 1 aliphatic heterocycles. The molecule has 0 spiro atoms. The number of nitrogens with zero attached hydrogens (tertiary/aromatic N) is 3. The van der Waals surface area contributed by atoms with Crippen molar-refractivity contribution in [3.8, 4) is 5.75 Å². The van der Waals surface area contributed by atoms with E-state index in [1.165, 1.54) is 11.6 Å². The smallest absolute Gasteiger partial charge is 0.0891 e. The van der Waals surface area contributed by atoms with E-state index in [0.717, 1.165) is 17.3 Å². The van der Waals surface area contributed by atoms with Crippen LogP contribution < -0.4 is 20.5 Å². The first-order chi connectivity index (χ1) is 15.7. The van der Waals surface area contributed by atoms with Crippen molar-refractivity contribution in [2.24, 2.45) is 0 Å². The lowest BCUT2D eigenvalue weighted by Crippen LogP contribution is -2.39. The van der Waals surface area contributed by atoms with Gasteiger partial charge in [-0.05, 0) is 34.9 Å². The van der Waals surface area contributed by atoms with Crippen molar-refractivity contribution in [1.82, 2.24) is 0 Å². The van der Waals surface area contributed by atoms with Crippen molar-refractivity contribution in [2.45, 2.75) is 31.8 Å². The fraction of sp³-hybridized carbons (Fsp3) is 0.200. The quantitative estimate of drug-likeness (QED) is 0.476. The van der Waals surface area contributed by atoms with E-state index in [2.05, 4.69) is 43.0 Å². The lowest BCUT2D eigenvalue weighted by molar-refractivity contribution is -0.268. The summed E-state index contributed by atoms with van der Waals surface area (Å²) in [7, 11) is 0. The van der Waals surface area contributed by atoms with Crippen molar-refractivity contribution in [3.63, 3.8) is 0 Å². The van der Waals surface area contributed by atoms with Gasteiger partial charge in [0.25, 0.3) is 0 Å². The van der Waals surface area contributed by atoms with Gasteiger partial charge in [-0.2, -0.15) is 0 Å². The maximum absolute atomic E-state index is 12.7. The molecular weight excluding hydrogens is 422 g/mol. The minimum Gasteiger partial charge on any atom is -0.871 e. The molecule has 0 aromatic heterocycles. The summed E-state index contributed by atoms with van der Waals surface area (Å²) in [5.74, 6) is -0.690. The number of hydrogen-bond donors (Lipinski definition) is 3. The molecule has 8 nitrogen and oxygen atoms in total. The van der Waals surface area contributed by atoms with E-state index in [9.17, 15) is 25.9 Å². The van der Waals surface area contributed by atoms with E-state index in [4.69, 9.17) is 0 Å². The van der Waals surface area contributed by atoms with E-state index in [1.54, 1.807) is 6.08 Å². The van der Waals surface area contributed by atoms with Gasteiger partial charge in [-0.3, -0.25) is 15.6 Å². The number of anilines is 3. The minimum atomic E-state index is -0.690. The van der Waals surface area contributed by atoms with Crippen LogP contribution in [-0.4, -0.2) is 21.7 Å². The molecule has 1 unspecified atom stereocenters. The molecule has 0 fully saturated rings. The highest BCUT2D eigenvalue weighted by Crippen LogP contribution is 2.46. The molecule has 3 N–H and O–H groups in total. The summed E-state index contributed by atoms with van der Waals surface area (Å²) in [6, 6.07) is 20.2. The second-order valence-corrected chi connectivity index (χ2v) is 8.60. The number of benzene rings is 3. The van der Waals surface area contributed by atoms with E-state index >= 15 is 0 Å². The van der Waals surface area contributed by atoms with Crippen molar-refractivity contribution in [1.29, 1.82) is 0 Å². The van der Waals surface area contributed by atoms with Crippen molar-refractivity contribution < 1.29 is 20.7 Å². The third-order valence-corrected chi connectivity index (χ3v) is 6.16. The predicted molar refractivity (Wildman–Crippen MR) is 124 cm³/mol. The normalized spacial score (nSPS) is 16.8. The lowest BCUT2D eigenvalue weighted by atomic mass is 9.80. The number of fused-ring (bicyclic) bond motifs is 1. The fourth-order valence-corrected chi connectivity index (χ4v) is 4.47. The zero-order valence-corrected chi connectivity index (χ0v) is 18.3. The second-order valence-electron chi connectivity index (χ2n) is 8.60. The zero-order chi connectivity index (χ0) is 23.8. The van der Waals surface area contributed by atoms with Gasteiger partial charge in [0.05, 0.1) is 17.4 Å². The van der Waals surface area contributed by atoms with Gasteiger partial charge >= 0.3 is 0 Å². The van der Waals surface area contributed by atoms with Crippen LogP contribution >= 0.6 is 0 Å². The Morgan fingerprint density at radius 2 is 1.67 bits per heavy atom. The Morgan fingerprint density at radius 1 is 1.00 bits per heavy atom. The molecular formula is C25H25N3O5-2. The van der Waals surface area contributed by atoms with Crippen LogP contribution in [0.3, 0.4) is 0 Å². The van der Waals surface area contributed by atoms with Crippen LogP contribution in [0, 0.1) is 5.21 Å². The average molecular weight is 447 g/mol. The molecule has 33 heavy (non-hydrogen) atoms. The van der Waals surface area contributed by atoms with Gasteiger partial charge in [-0.25, -0.2) is 0 Å². The van der Waals surface area contributed by atoms with E-state index in [-0.39, 0.29) is 27.9 Å². The Morgan fingerprint density at radius 3 is 2.33 bits per heavy atom. The standard InChI is InChI=1S/C25H26N3O5/c1-25(2)20-10-6-7-11-21(20)26(16-17-8-4-3-5-9-17)23(25)13-12-18-14-19(27(30)31)15-22(24(18)29)28(32)33/h3-15,23,29-30,32-33H,16H2,1-2H3/q-1/p-1. The highest BCUT2D eigenvalue weighted by atomic mass is 16.8. The summed E-state index contributed by atoms with van der Waals surface area (Å²) in [4.78, 5) is 2.26. The molecule has 0 amide bonds. The minimum absolute atomic E-state index is 0.0388. The third-order valence-electron chi connectivity index (χ3n) is 6.16. The Hall–Kier alpha value is -3.56. The summed E-state index contributed by atoms with van der Waals surface area (Å²) in [6.07, 6.45) is 3.43. The Kier molecular flexibility index (Phi) is 6.01. The van der Waals surface area contributed by atoms with Gasteiger partial charge in [0.15, 0.2) is 0 Å². The second kappa shape index (κ2) is 8.76. The van der Waals surface area contributed by atoms with Gasteiger partial charge in [-0.15, -0.1) is 5.23 Å². The highest BCUT2D eigenvalue weighted by Gasteiger charge is 2.42. The van der Waals surface area contributed by atoms with E-state index in [0.29, 0.717) is 6.54 Å². The van der Waals surface area contributed by atoms with Crippen LogP contribution in [-0.2, 0) is 12.0 Å². The van der Waals surface area contributed by atoms with Crippen LogP contribution in [0.25, 0.3) is 6.08 Å². The summed E-state index contributed by atoms with van der Waals surface area (Å²) in [5, 5.41) is 51.4. The van der Waals surface area contributed by atoms with Crippen molar-refractivity contribution in [3.05, 3.63) is 94.7 Å². The highest BCUT2D eigenvalue weighted by molar-refractivity contribution is 5.75. The Balaban J connectivity index is 1.77. The number of para-hydroxylation sites is 1. The lowest BCUT2D eigenvalue weighted by Gasteiger charge is -2.33. The predicted octanol–water partition coefficient (Wildman–Crippen LogP) is 4.42. The molecule has 1 aliphatic rings. The topological polar surface area (TPSA) is 117 Å². The fourth-order valence-electron chi connectivity index (χ4n) is 4.47. The van der Waals surface area contributed by atoms with Crippen LogP contribution in [0.15, 0.2) is 72.8 Å². The molecule has 1 heterocycles. The molecule has 1 atom stereocenters. The first kappa shape index (κ1) is 22.6. The summed E-state index contributed by atoms with van der Waals surface area (Å²) >= 11 is 0. The van der Waals surface area contributed by atoms with Crippen LogP contribution in [0.1, 0.15) is 30.5 Å². The molecule has 4 rings (SSSR count). The molecule has 0 aliphatic carbocycles. The molecule has 0 saturated heterocycles. The number of rotatable bonds is 6. The van der Waals surface area contributed by atoms with Gasteiger partial charge in [0.2, 0.25) is 0 Å². The monoisotopic (exact) mass is 447 g/mol. The summed E-state index contributed by atoms with van der Waals surface area (Å²) in [6.45, 7) is 4.90. The Bertz CT molecular complexity index is 1160. The largest absolute Gasteiger partial charge is 0.871 e. The van der Waals surface area contributed by atoms with E-state index < -0.39 is 16.7 Å². The zero-order valence-electron chi connectivity index (χ0n) is 18.3. The first-order valence-corrected chi connectivity index (χ1v) is 10.5. The van der Waals surface area contributed by atoms with Crippen LogP contribution in [0.2, 0.25) is 0 Å². The summed E-state index contributed by atoms with van der Waals surface area (Å²) in [5.41, 5.74) is 2.30. The van der Waals surface area contributed by atoms with Crippen molar-refractivity contribution >= 4 is 23.1 Å². The maximum atomic E-state index is 12.7. The molecule has 0 saturated carbocycles. The molecule has 3 aromatic carbocycles. The molecule has 172 valence electrons. The molecule has 0 radical (unpaired) electrons. The molecule has 3 aromatic rings. The van der Waals surface area contributed by atoms with Gasteiger partial charge < -0.3 is 20.4 Å². The van der Waals surface area contributed by atoms with E-state index in [1.807, 2.05) is 36.4 Å². The van der Waals surface area contributed by atoms with Gasteiger partial charge in [0, 0.05) is 17.6 Å². The third kappa shape index (κ3) is 4.24. The average Bonchev–Trinajstić information content (AvgIpc) is 3.00. The van der Waals surface area contributed by atoms with Gasteiger partial charge in [0.1, 0.15) is 0 Å². The van der Waals surface area contributed by atoms with Gasteiger partial charge in [-0.1, -0.05) is 80.3 Å².